The second-order valence-electron chi connectivity index (χ2n) is 6.40. The van der Waals surface area contributed by atoms with Gasteiger partial charge in [0.2, 0.25) is 0 Å². The number of carbonyl (C=O) groups is 1. The Bertz CT molecular complexity index is 983. The van der Waals surface area contributed by atoms with E-state index in [1.165, 1.54) is 0 Å². The van der Waals surface area contributed by atoms with Gasteiger partial charge in [-0.1, -0.05) is 60.7 Å². The fraction of sp³-hybridized carbons (Fsp3) is 0.130. The molecule has 3 rings (SSSR count). The minimum Gasteiger partial charge on any atom is -0.483 e. The first-order valence-electron chi connectivity index (χ1n) is 8.91. The van der Waals surface area contributed by atoms with E-state index < -0.39 is 0 Å². The molecule has 28 heavy (non-hydrogen) atoms. The standard InChI is InChI=1S/C23H21BrN2O2/c1-16-8-13-22(21(24)14-16)28-15-23(27)26-25-17(2)18-9-11-20(12-10-18)19-6-4-3-5-7-19/h3-14H,15H2,1-2H3,(H,26,27). The van der Waals surface area contributed by atoms with Crippen molar-refractivity contribution < 1.29 is 9.53 Å². The minimum absolute atomic E-state index is 0.106. The van der Waals surface area contributed by atoms with Gasteiger partial charge in [-0.2, -0.15) is 5.10 Å². The predicted molar refractivity (Wildman–Crippen MR) is 117 cm³/mol. The van der Waals surface area contributed by atoms with E-state index in [0.29, 0.717) is 5.75 Å². The monoisotopic (exact) mass is 436 g/mol. The van der Waals surface area contributed by atoms with Crippen LogP contribution in [0.1, 0.15) is 18.1 Å². The van der Waals surface area contributed by atoms with Crippen LogP contribution in [0.3, 0.4) is 0 Å². The summed E-state index contributed by atoms with van der Waals surface area (Å²) in [6.45, 7) is 3.74. The molecule has 0 spiro atoms. The normalized spacial score (nSPS) is 11.2. The number of ether oxygens (including phenoxy) is 1. The molecule has 0 aliphatic carbocycles. The molecule has 0 aliphatic heterocycles. The molecule has 0 atom stereocenters. The molecule has 3 aromatic rings. The zero-order valence-electron chi connectivity index (χ0n) is 15.8. The molecule has 0 aromatic heterocycles. The number of aryl methyl sites for hydroxylation is 1. The van der Waals surface area contributed by atoms with Gasteiger partial charge in [-0.05, 0) is 64.2 Å². The number of carbonyl (C=O) groups excluding carboxylic acids is 1. The number of amides is 1. The van der Waals surface area contributed by atoms with Gasteiger partial charge in [0.05, 0.1) is 10.2 Å². The molecule has 0 fully saturated rings. The summed E-state index contributed by atoms with van der Waals surface area (Å²) in [7, 11) is 0. The van der Waals surface area contributed by atoms with Crippen molar-refractivity contribution in [2.75, 3.05) is 6.61 Å². The lowest BCUT2D eigenvalue weighted by molar-refractivity contribution is -0.123. The molecule has 4 nitrogen and oxygen atoms in total. The van der Waals surface area contributed by atoms with Gasteiger partial charge in [0.15, 0.2) is 6.61 Å². The lowest BCUT2D eigenvalue weighted by Crippen LogP contribution is -2.25. The number of nitrogens with one attached hydrogen (secondary N) is 1. The highest BCUT2D eigenvalue weighted by Gasteiger charge is 2.06. The van der Waals surface area contributed by atoms with E-state index in [9.17, 15) is 4.79 Å². The molecule has 1 amide bonds. The van der Waals surface area contributed by atoms with Gasteiger partial charge in [-0.25, -0.2) is 5.43 Å². The summed E-state index contributed by atoms with van der Waals surface area (Å²) in [6, 6.07) is 24.0. The number of hydrazone groups is 1. The fourth-order valence-corrected chi connectivity index (χ4v) is 3.25. The summed E-state index contributed by atoms with van der Waals surface area (Å²) >= 11 is 3.43. The molecule has 0 aliphatic rings. The molecular formula is C23H21BrN2O2. The SMILES string of the molecule is CC(=NNC(=O)COc1ccc(C)cc1Br)c1ccc(-c2ccccc2)cc1. The Hall–Kier alpha value is -2.92. The van der Waals surface area contributed by atoms with Gasteiger partial charge in [0.1, 0.15) is 5.75 Å². The molecule has 0 bridgehead atoms. The maximum Gasteiger partial charge on any atom is 0.277 e. The highest BCUT2D eigenvalue weighted by atomic mass is 79.9. The molecule has 0 unspecified atom stereocenters. The Morgan fingerprint density at radius 1 is 1.00 bits per heavy atom. The van der Waals surface area contributed by atoms with Crippen LogP contribution in [0.4, 0.5) is 0 Å². The van der Waals surface area contributed by atoms with Crippen molar-refractivity contribution in [1.82, 2.24) is 5.43 Å². The second kappa shape index (κ2) is 9.33. The van der Waals surface area contributed by atoms with Gasteiger partial charge in [-0.15, -0.1) is 0 Å². The Balaban J connectivity index is 1.56. The molecule has 142 valence electrons. The van der Waals surface area contributed by atoms with Gasteiger partial charge in [0.25, 0.3) is 5.91 Å². The molecule has 0 heterocycles. The van der Waals surface area contributed by atoms with E-state index in [-0.39, 0.29) is 12.5 Å². The molecular weight excluding hydrogens is 416 g/mol. The summed E-state index contributed by atoms with van der Waals surface area (Å²) in [6.07, 6.45) is 0. The van der Waals surface area contributed by atoms with Gasteiger partial charge in [-0.3, -0.25) is 4.79 Å². The smallest absolute Gasteiger partial charge is 0.277 e. The average molecular weight is 437 g/mol. The summed E-state index contributed by atoms with van der Waals surface area (Å²) in [5.74, 6) is 0.311. The van der Waals surface area contributed by atoms with Crippen molar-refractivity contribution in [2.45, 2.75) is 13.8 Å². The molecule has 0 radical (unpaired) electrons. The first-order chi connectivity index (χ1) is 13.5. The maximum atomic E-state index is 12.0. The quantitative estimate of drug-likeness (QED) is 0.418. The topological polar surface area (TPSA) is 50.7 Å². The lowest BCUT2D eigenvalue weighted by atomic mass is 10.0. The Morgan fingerprint density at radius 3 is 2.36 bits per heavy atom. The zero-order chi connectivity index (χ0) is 19.9. The van der Waals surface area contributed by atoms with Crippen LogP contribution < -0.4 is 10.2 Å². The van der Waals surface area contributed by atoms with Crippen molar-refractivity contribution in [3.05, 3.63) is 88.4 Å². The summed E-state index contributed by atoms with van der Waals surface area (Å²) < 4.78 is 6.35. The van der Waals surface area contributed by atoms with E-state index in [0.717, 1.165) is 32.4 Å². The number of rotatable bonds is 6. The molecule has 0 saturated carbocycles. The van der Waals surface area contributed by atoms with Crippen LogP contribution in [0, 0.1) is 6.92 Å². The van der Waals surface area contributed by atoms with Crippen LogP contribution in [0.25, 0.3) is 11.1 Å². The number of nitrogens with zero attached hydrogens (tertiary/aromatic N) is 1. The number of benzene rings is 3. The summed E-state index contributed by atoms with van der Waals surface area (Å²) in [5, 5.41) is 4.17. The zero-order valence-corrected chi connectivity index (χ0v) is 17.4. The first kappa shape index (κ1) is 19.8. The molecule has 0 saturated heterocycles. The van der Waals surface area contributed by atoms with Crippen LogP contribution in [-0.2, 0) is 4.79 Å². The largest absolute Gasteiger partial charge is 0.483 e. The van der Waals surface area contributed by atoms with Crippen LogP contribution in [0.15, 0.2) is 82.4 Å². The number of hydrogen-bond acceptors (Lipinski definition) is 3. The first-order valence-corrected chi connectivity index (χ1v) is 9.70. The van der Waals surface area contributed by atoms with E-state index in [1.807, 2.05) is 74.5 Å². The van der Waals surface area contributed by atoms with Crippen molar-refractivity contribution in [2.24, 2.45) is 5.10 Å². The van der Waals surface area contributed by atoms with Crippen molar-refractivity contribution >= 4 is 27.5 Å². The second-order valence-corrected chi connectivity index (χ2v) is 7.25. The number of halogens is 1. The minimum atomic E-state index is -0.312. The fourth-order valence-electron chi connectivity index (χ4n) is 2.64. The third kappa shape index (κ3) is 5.30. The molecule has 1 N–H and O–H groups in total. The van der Waals surface area contributed by atoms with Crippen molar-refractivity contribution in [3.8, 4) is 16.9 Å². The lowest BCUT2D eigenvalue weighted by Gasteiger charge is -2.08. The molecule has 3 aromatic carbocycles. The van der Waals surface area contributed by atoms with Crippen LogP contribution in [0.2, 0.25) is 0 Å². The van der Waals surface area contributed by atoms with Crippen molar-refractivity contribution in [3.63, 3.8) is 0 Å². The highest BCUT2D eigenvalue weighted by molar-refractivity contribution is 9.10. The summed E-state index contributed by atoms with van der Waals surface area (Å²) in [5.41, 5.74) is 7.62. The Labute approximate surface area is 173 Å². The van der Waals surface area contributed by atoms with E-state index in [2.05, 4.69) is 38.6 Å². The summed E-state index contributed by atoms with van der Waals surface area (Å²) in [4.78, 5) is 12.0. The van der Waals surface area contributed by atoms with Crippen molar-refractivity contribution in [1.29, 1.82) is 0 Å². The van der Waals surface area contributed by atoms with Crippen LogP contribution in [0.5, 0.6) is 5.75 Å². The van der Waals surface area contributed by atoms with Crippen LogP contribution in [-0.4, -0.2) is 18.2 Å². The third-order valence-electron chi connectivity index (χ3n) is 4.20. The highest BCUT2D eigenvalue weighted by Crippen LogP contribution is 2.25. The average Bonchev–Trinajstić information content (AvgIpc) is 2.72. The molecule has 5 heteroatoms. The van der Waals surface area contributed by atoms with Crippen LogP contribution >= 0.6 is 15.9 Å². The van der Waals surface area contributed by atoms with E-state index in [4.69, 9.17) is 4.74 Å². The van der Waals surface area contributed by atoms with Gasteiger partial charge < -0.3 is 4.74 Å². The Morgan fingerprint density at radius 2 is 1.68 bits per heavy atom. The maximum absolute atomic E-state index is 12.0. The van der Waals surface area contributed by atoms with E-state index >= 15 is 0 Å². The van der Waals surface area contributed by atoms with Gasteiger partial charge in [0, 0.05) is 0 Å². The van der Waals surface area contributed by atoms with E-state index in [1.54, 1.807) is 0 Å². The Kier molecular flexibility index (Phi) is 6.61. The predicted octanol–water partition coefficient (Wildman–Crippen LogP) is 5.34. The third-order valence-corrected chi connectivity index (χ3v) is 4.82. The number of hydrogen-bond donors (Lipinski definition) is 1. The van der Waals surface area contributed by atoms with Gasteiger partial charge >= 0.3 is 0 Å².